The molecule has 0 saturated carbocycles. The van der Waals surface area contributed by atoms with Gasteiger partial charge in [0, 0.05) is 18.1 Å². The van der Waals surface area contributed by atoms with Gasteiger partial charge in [0.1, 0.15) is 6.10 Å². The van der Waals surface area contributed by atoms with Gasteiger partial charge in [-0.25, -0.2) is 8.42 Å². The Morgan fingerprint density at radius 1 is 1.00 bits per heavy atom. The van der Waals surface area contributed by atoms with Crippen LogP contribution in [0, 0.1) is 5.92 Å². The highest BCUT2D eigenvalue weighted by Crippen LogP contribution is 2.35. The standard InChI is InChI=1S/C21H22ClNO4S/c22-17-6-8-18(9-7-17)28(25,26)23-13-11-16(12-14-23)21(24)27-20-10-5-15-3-1-2-4-19(15)20/h1-4,6-9,16,20H,5,10-14H2/t20-/m1/s1. The van der Waals surface area contributed by atoms with E-state index in [9.17, 15) is 13.2 Å². The predicted octanol–water partition coefficient (Wildman–Crippen LogP) is 3.97. The monoisotopic (exact) mass is 419 g/mol. The number of esters is 1. The van der Waals surface area contributed by atoms with E-state index in [-0.39, 0.29) is 22.9 Å². The molecule has 2 aromatic carbocycles. The Labute approximate surface area is 170 Å². The van der Waals surface area contributed by atoms with Crippen molar-refractivity contribution in [3.63, 3.8) is 0 Å². The van der Waals surface area contributed by atoms with Crippen LogP contribution < -0.4 is 0 Å². The number of carbonyl (C=O) groups excluding carboxylic acids is 1. The summed E-state index contributed by atoms with van der Waals surface area (Å²) in [7, 11) is -3.57. The minimum atomic E-state index is -3.57. The molecule has 5 nitrogen and oxygen atoms in total. The van der Waals surface area contributed by atoms with E-state index in [1.165, 1.54) is 22.0 Å². The van der Waals surface area contributed by atoms with Crippen LogP contribution in [-0.4, -0.2) is 31.8 Å². The smallest absolute Gasteiger partial charge is 0.309 e. The Morgan fingerprint density at radius 3 is 2.39 bits per heavy atom. The average Bonchev–Trinajstić information content (AvgIpc) is 3.11. The van der Waals surface area contributed by atoms with Crippen molar-refractivity contribution in [3.05, 3.63) is 64.7 Å². The van der Waals surface area contributed by atoms with Crippen LogP contribution in [0.15, 0.2) is 53.4 Å². The molecule has 0 aromatic heterocycles. The number of fused-ring (bicyclic) bond motifs is 1. The molecule has 1 aliphatic heterocycles. The summed E-state index contributed by atoms with van der Waals surface area (Å²) < 4.78 is 32.7. The molecule has 1 heterocycles. The highest BCUT2D eigenvalue weighted by atomic mass is 35.5. The van der Waals surface area contributed by atoms with Gasteiger partial charge in [0.15, 0.2) is 0 Å². The fraction of sp³-hybridized carbons (Fsp3) is 0.381. The van der Waals surface area contributed by atoms with E-state index in [0.29, 0.717) is 31.0 Å². The molecule has 1 fully saturated rings. The van der Waals surface area contributed by atoms with Crippen molar-refractivity contribution in [2.24, 2.45) is 5.92 Å². The first-order chi connectivity index (χ1) is 13.4. The van der Waals surface area contributed by atoms with Gasteiger partial charge < -0.3 is 4.74 Å². The zero-order valence-corrected chi connectivity index (χ0v) is 17.0. The van der Waals surface area contributed by atoms with Gasteiger partial charge in [-0.3, -0.25) is 4.79 Å². The zero-order valence-electron chi connectivity index (χ0n) is 15.4. The molecule has 2 aromatic rings. The van der Waals surface area contributed by atoms with Gasteiger partial charge in [0.2, 0.25) is 10.0 Å². The molecule has 7 heteroatoms. The minimum absolute atomic E-state index is 0.181. The molecule has 1 saturated heterocycles. The third-order valence-corrected chi connectivity index (χ3v) is 7.74. The molecule has 0 amide bonds. The van der Waals surface area contributed by atoms with Crippen molar-refractivity contribution in [2.75, 3.05) is 13.1 Å². The second-order valence-electron chi connectivity index (χ2n) is 7.30. The summed E-state index contributed by atoms with van der Waals surface area (Å²) in [6.45, 7) is 0.623. The third kappa shape index (κ3) is 3.81. The van der Waals surface area contributed by atoms with Crippen LogP contribution in [-0.2, 0) is 26.0 Å². The molecule has 1 aliphatic carbocycles. The second kappa shape index (κ2) is 7.85. The Kier molecular flexibility index (Phi) is 5.45. The summed E-state index contributed by atoms with van der Waals surface area (Å²) in [6.07, 6.45) is 2.50. The number of carbonyl (C=O) groups is 1. The predicted molar refractivity (Wildman–Crippen MR) is 107 cm³/mol. The highest BCUT2D eigenvalue weighted by Gasteiger charge is 2.34. The number of hydrogen-bond acceptors (Lipinski definition) is 4. The molecule has 0 spiro atoms. The minimum Gasteiger partial charge on any atom is -0.457 e. The van der Waals surface area contributed by atoms with E-state index in [1.807, 2.05) is 18.2 Å². The van der Waals surface area contributed by atoms with Gasteiger partial charge in [-0.05, 0) is 61.1 Å². The molecular weight excluding hydrogens is 398 g/mol. The lowest BCUT2D eigenvalue weighted by Crippen LogP contribution is -2.40. The first-order valence-electron chi connectivity index (χ1n) is 9.49. The maximum atomic E-state index is 12.8. The molecule has 2 aliphatic rings. The maximum Gasteiger partial charge on any atom is 0.309 e. The summed E-state index contributed by atoms with van der Waals surface area (Å²) in [5.74, 6) is -0.477. The SMILES string of the molecule is O=C(O[C@@H]1CCc2ccccc21)C1CCN(S(=O)(=O)c2ccc(Cl)cc2)CC1. The first-order valence-corrected chi connectivity index (χ1v) is 11.3. The van der Waals surface area contributed by atoms with Gasteiger partial charge in [-0.2, -0.15) is 4.31 Å². The third-order valence-electron chi connectivity index (χ3n) is 5.57. The van der Waals surface area contributed by atoms with Crippen molar-refractivity contribution in [3.8, 4) is 0 Å². The van der Waals surface area contributed by atoms with E-state index in [2.05, 4.69) is 6.07 Å². The lowest BCUT2D eigenvalue weighted by atomic mass is 9.98. The number of aryl methyl sites for hydroxylation is 1. The average molecular weight is 420 g/mol. The zero-order chi connectivity index (χ0) is 19.7. The summed E-state index contributed by atoms with van der Waals surface area (Å²) in [4.78, 5) is 12.8. The van der Waals surface area contributed by atoms with E-state index >= 15 is 0 Å². The van der Waals surface area contributed by atoms with Crippen molar-refractivity contribution >= 4 is 27.6 Å². The number of hydrogen-bond donors (Lipinski definition) is 0. The van der Waals surface area contributed by atoms with Crippen LogP contribution in [0.2, 0.25) is 5.02 Å². The quantitative estimate of drug-likeness (QED) is 0.703. The fourth-order valence-corrected chi connectivity index (χ4v) is 5.56. The molecule has 1 atom stereocenters. The summed E-state index contributed by atoms with van der Waals surface area (Å²) in [5, 5.41) is 0.494. The van der Waals surface area contributed by atoms with E-state index < -0.39 is 10.0 Å². The van der Waals surface area contributed by atoms with Crippen LogP contribution in [0.5, 0.6) is 0 Å². The Balaban J connectivity index is 1.36. The van der Waals surface area contributed by atoms with E-state index in [4.69, 9.17) is 16.3 Å². The lowest BCUT2D eigenvalue weighted by molar-refractivity contribution is -0.155. The van der Waals surface area contributed by atoms with Crippen LogP contribution in [0.1, 0.15) is 36.5 Å². The number of nitrogens with zero attached hydrogens (tertiary/aromatic N) is 1. The molecule has 0 unspecified atom stereocenters. The molecule has 4 rings (SSSR count). The van der Waals surface area contributed by atoms with Crippen LogP contribution >= 0.6 is 11.6 Å². The fourth-order valence-electron chi connectivity index (χ4n) is 3.96. The summed E-state index contributed by atoms with van der Waals surface area (Å²) in [6, 6.07) is 14.2. The van der Waals surface area contributed by atoms with Gasteiger partial charge in [-0.1, -0.05) is 35.9 Å². The lowest BCUT2D eigenvalue weighted by Gasteiger charge is -2.30. The number of halogens is 1. The first kappa shape index (κ1) is 19.4. The van der Waals surface area contributed by atoms with Crippen LogP contribution in [0.4, 0.5) is 0 Å². The van der Waals surface area contributed by atoms with Gasteiger partial charge in [-0.15, -0.1) is 0 Å². The number of rotatable bonds is 4. The maximum absolute atomic E-state index is 12.8. The van der Waals surface area contributed by atoms with E-state index in [0.717, 1.165) is 18.4 Å². The normalized spacial score (nSPS) is 20.7. The second-order valence-corrected chi connectivity index (χ2v) is 9.67. The van der Waals surface area contributed by atoms with Crippen molar-refractivity contribution in [1.29, 1.82) is 0 Å². The highest BCUT2D eigenvalue weighted by molar-refractivity contribution is 7.89. The molecule has 0 N–H and O–H groups in total. The number of piperidine rings is 1. The molecule has 0 radical (unpaired) electrons. The Hall–Kier alpha value is -1.89. The van der Waals surface area contributed by atoms with Crippen molar-refractivity contribution < 1.29 is 17.9 Å². The van der Waals surface area contributed by atoms with Crippen LogP contribution in [0.3, 0.4) is 0 Å². The number of benzene rings is 2. The topological polar surface area (TPSA) is 63.7 Å². The largest absolute Gasteiger partial charge is 0.457 e. The van der Waals surface area contributed by atoms with Crippen LogP contribution in [0.25, 0.3) is 0 Å². The van der Waals surface area contributed by atoms with Crippen molar-refractivity contribution in [1.82, 2.24) is 4.31 Å². The van der Waals surface area contributed by atoms with E-state index in [1.54, 1.807) is 12.1 Å². The number of ether oxygens (including phenoxy) is 1. The molecular formula is C21H22ClNO4S. The molecule has 148 valence electrons. The Bertz CT molecular complexity index is 966. The van der Waals surface area contributed by atoms with Gasteiger partial charge in [0.25, 0.3) is 0 Å². The number of sulfonamides is 1. The summed E-state index contributed by atoms with van der Waals surface area (Å²) >= 11 is 5.84. The molecule has 28 heavy (non-hydrogen) atoms. The Morgan fingerprint density at radius 2 is 1.68 bits per heavy atom. The molecule has 0 bridgehead atoms. The van der Waals surface area contributed by atoms with Crippen molar-refractivity contribution in [2.45, 2.75) is 36.7 Å². The van der Waals surface area contributed by atoms with Gasteiger partial charge in [0.05, 0.1) is 10.8 Å². The summed E-state index contributed by atoms with van der Waals surface area (Å²) in [5.41, 5.74) is 2.34. The van der Waals surface area contributed by atoms with Gasteiger partial charge >= 0.3 is 5.97 Å².